The summed E-state index contributed by atoms with van der Waals surface area (Å²) in [6.07, 6.45) is 0. The van der Waals surface area contributed by atoms with Crippen molar-refractivity contribution in [2.24, 2.45) is 0 Å². The van der Waals surface area contributed by atoms with Crippen LogP contribution in [0.25, 0.3) is 0 Å². The van der Waals surface area contributed by atoms with Crippen LogP contribution in [0.15, 0.2) is 80.8 Å². The van der Waals surface area contributed by atoms with Gasteiger partial charge in [-0.2, -0.15) is 4.72 Å². The molecule has 1 amide bonds. The quantitative estimate of drug-likeness (QED) is 0.417. The summed E-state index contributed by atoms with van der Waals surface area (Å²) in [7, 11) is -3.85. The van der Waals surface area contributed by atoms with Gasteiger partial charge < -0.3 is 10.2 Å². The van der Waals surface area contributed by atoms with Crippen molar-refractivity contribution in [3.05, 3.63) is 82.1 Å². The number of anilines is 1. The molecule has 4 rings (SSSR count). The van der Waals surface area contributed by atoms with Crippen molar-refractivity contribution >= 4 is 48.9 Å². The third-order valence-electron chi connectivity index (χ3n) is 5.70. The second kappa shape index (κ2) is 11.5. The summed E-state index contributed by atoms with van der Waals surface area (Å²) in [5, 5.41) is 2.92. The van der Waals surface area contributed by atoms with E-state index in [1.165, 1.54) is 11.8 Å². The molecule has 0 unspecified atom stereocenters. The average molecular weight is 564 g/mol. The summed E-state index contributed by atoms with van der Waals surface area (Å²) in [5.74, 6) is -0.367. The number of thiophene rings is 1. The van der Waals surface area contributed by atoms with E-state index in [0.29, 0.717) is 22.4 Å². The third-order valence-corrected chi connectivity index (χ3v) is 9.24. The molecule has 180 valence electrons. The molecule has 1 saturated heterocycles. The predicted molar refractivity (Wildman–Crippen MR) is 140 cm³/mol. The van der Waals surface area contributed by atoms with E-state index in [0.717, 1.165) is 37.5 Å². The molecule has 1 atom stereocenters. The molecule has 3 aromatic rings. The van der Waals surface area contributed by atoms with Crippen molar-refractivity contribution in [2.75, 3.05) is 44.2 Å². The van der Waals surface area contributed by atoms with Gasteiger partial charge in [0.15, 0.2) is 0 Å². The maximum atomic E-state index is 13.1. The lowest BCUT2D eigenvalue weighted by molar-refractivity contribution is -0.122. The van der Waals surface area contributed by atoms with Gasteiger partial charge in [0.2, 0.25) is 5.91 Å². The Kier molecular flexibility index (Phi) is 8.38. The molecule has 0 saturated carbocycles. The first-order valence-electron chi connectivity index (χ1n) is 11.0. The van der Waals surface area contributed by atoms with Crippen molar-refractivity contribution in [3.8, 4) is 0 Å². The molecule has 1 fully saturated rings. The topological polar surface area (TPSA) is 81.8 Å². The summed E-state index contributed by atoms with van der Waals surface area (Å²) in [4.78, 5) is 17.7. The van der Waals surface area contributed by atoms with Gasteiger partial charge in [0, 0.05) is 45.0 Å². The largest absolute Gasteiger partial charge is 0.369 e. The van der Waals surface area contributed by atoms with Crippen LogP contribution < -0.4 is 14.9 Å². The molecule has 1 aromatic heterocycles. The standard InChI is InChI=1S/C24H27BrN4O3S2/c25-21-11-12-22(33-21)34(31,32)27-23(19-7-3-1-4-8-19)24(30)26-13-14-28-15-17-29(18-16-28)20-9-5-2-6-10-20/h1-12,23,27H,13-18H2,(H,26,30)/t23-/m1/s1. The van der Waals surface area contributed by atoms with Crippen LogP contribution in [0.4, 0.5) is 5.69 Å². The monoisotopic (exact) mass is 562 g/mol. The smallest absolute Gasteiger partial charge is 0.251 e. The first-order chi connectivity index (χ1) is 16.4. The van der Waals surface area contributed by atoms with Gasteiger partial charge >= 0.3 is 0 Å². The maximum Gasteiger partial charge on any atom is 0.251 e. The lowest BCUT2D eigenvalue weighted by atomic mass is 10.1. The van der Waals surface area contributed by atoms with Gasteiger partial charge in [-0.1, -0.05) is 48.5 Å². The molecule has 7 nitrogen and oxygen atoms in total. The number of carbonyl (C=O) groups excluding carboxylic acids is 1. The van der Waals surface area contributed by atoms with Crippen LogP contribution in [-0.4, -0.2) is 58.5 Å². The highest BCUT2D eigenvalue weighted by Crippen LogP contribution is 2.27. The zero-order valence-electron chi connectivity index (χ0n) is 18.6. The molecule has 0 aliphatic carbocycles. The van der Waals surface area contributed by atoms with Crippen LogP contribution in [-0.2, 0) is 14.8 Å². The van der Waals surface area contributed by atoms with Crippen LogP contribution in [0.1, 0.15) is 11.6 Å². The normalized spacial score (nSPS) is 15.7. The van der Waals surface area contributed by atoms with E-state index < -0.39 is 16.1 Å². The SMILES string of the molecule is O=C(NCCN1CCN(c2ccccc2)CC1)[C@H](NS(=O)(=O)c1ccc(Br)s1)c1ccccc1. The highest BCUT2D eigenvalue weighted by molar-refractivity contribution is 9.11. The molecule has 2 aromatic carbocycles. The van der Waals surface area contributed by atoms with E-state index in [4.69, 9.17) is 0 Å². The zero-order valence-corrected chi connectivity index (χ0v) is 21.8. The molecule has 0 spiro atoms. The van der Waals surface area contributed by atoms with Crippen LogP contribution >= 0.6 is 27.3 Å². The number of sulfonamides is 1. The maximum absolute atomic E-state index is 13.1. The number of hydrogen-bond donors (Lipinski definition) is 2. The van der Waals surface area contributed by atoms with Crippen molar-refractivity contribution in [3.63, 3.8) is 0 Å². The number of rotatable bonds is 9. The fraction of sp³-hybridized carbons (Fsp3) is 0.292. The van der Waals surface area contributed by atoms with Crippen LogP contribution in [0.3, 0.4) is 0 Å². The van der Waals surface area contributed by atoms with Gasteiger partial charge in [0.25, 0.3) is 10.0 Å². The van der Waals surface area contributed by atoms with Crippen molar-refractivity contribution in [2.45, 2.75) is 10.3 Å². The number of benzene rings is 2. The van der Waals surface area contributed by atoms with E-state index in [2.05, 4.69) is 47.9 Å². The van der Waals surface area contributed by atoms with E-state index in [1.807, 2.05) is 24.3 Å². The Labute approximate surface area is 213 Å². The lowest BCUT2D eigenvalue weighted by Gasteiger charge is -2.36. The molecule has 10 heteroatoms. The third kappa shape index (κ3) is 6.45. The molecule has 0 radical (unpaired) electrons. The Morgan fingerprint density at radius 1 is 0.941 bits per heavy atom. The summed E-state index contributed by atoms with van der Waals surface area (Å²) in [6, 6.07) is 21.4. The zero-order chi connectivity index (χ0) is 24.0. The van der Waals surface area contributed by atoms with Crippen LogP contribution in [0.2, 0.25) is 0 Å². The Morgan fingerprint density at radius 2 is 1.59 bits per heavy atom. The first kappa shape index (κ1) is 24.9. The lowest BCUT2D eigenvalue weighted by Crippen LogP contribution is -2.49. The first-order valence-corrected chi connectivity index (χ1v) is 14.1. The number of hydrogen-bond acceptors (Lipinski definition) is 6. The van der Waals surface area contributed by atoms with Crippen molar-refractivity contribution < 1.29 is 13.2 Å². The average Bonchev–Trinajstić information content (AvgIpc) is 3.31. The van der Waals surface area contributed by atoms with Gasteiger partial charge in [-0.15, -0.1) is 11.3 Å². The number of nitrogens with one attached hydrogen (secondary N) is 2. The molecular weight excluding hydrogens is 536 g/mol. The molecule has 1 aliphatic heterocycles. The van der Waals surface area contributed by atoms with Gasteiger partial charge in [-0.3, -0.25) is 9.69 Å². The summed E-state index contributed by atoms with van der Waals surface area (Å²) in [5.41, 5.74) is 1.82. The number of carbonyl (C=O) groups is 1. The minimum absolute atomic E-state index is 0.157. The summed E-state index contributed by atoms with van der Waals surface area (Å²) in [6.45, 7) is 4.83. The Hall–Kier alpha value is -2.24. The van der Waals surface area contributed by atoms with Crippen LogP contribution in [0.5, 0.6) is 0 Å². The minimum atomic E-state index is -3.85. The Balaban J connectivity index is 1.33. The van der Waals surface area contributed by atoms with E-state index >= 15 is 0 Å². The Bertz CT molecular complexity index is 1180. The summed E-state index contributed by atoms with van der Waals surface area (Å²) < 4.78 is 29.2. The second-order valence-electron chi connectivity index (χ2n) is 7.98. The Morgan fingerprint density at radius 3 is 2.21 bits per heavy atom. The van der Waals surface area contributed by atoms with Gasteiger partial charge in [-0.05, 0) is 45.8 Å². The number of para-hydroxylation sites is 1. The van der Waals surface area contributed by atoms with Crippen LogP contribution in [0, 0.1) is 0 Å². The van der Waals surface area contributed by atoms with E-state index in [-0.39, 0.29) is 10.1 Å². The predicted octanol–water partition coefficient (Wildman–Crippen LogP) is 3.47. The second-order valence-corrected chi connectivity index (χ2v) is 12.4. The molecular formula is C24H27BrN4O3S2. The molecule has 2 heterocycles. The molecule has 0 bridgehead atoms. The van der Waals surface area contributed by atoms with Gasteiger partial charge in [-0.25, -0.2) is 8.42 Å². The van der Waals surface area contributed by atoms with Gasteiger partial charge in [0.05, 0.1) is 3.79 Å². The number of piperazine rings is 1. The fourth-order valence-corrected chi connectivity index (χ4v) is 7.09. The fourth-order valence-electron chi connectivity index (χ4n) is 3.88. The summed E-state index contributed by atoms with van der Waals surface area (Å²) >= 11 is 4.40. The number of nitrogens with zero attached hydrogens (tertiary/aromatic N) is 2. The van der Waals surface area contributed by atoms with Crippen molar-refractivity contribution in [1.29, 1.82) is 0 Å². The van der Waals surface area contributed by atoms with E-state index in [9.17, 15) is 13.2 Å². The van der Waals surface area contributed by atoms with E-state index in [1.54, 1.807) is 30.3 Å². The highest BCUT2D eigenvalue weighted by atomic mass is 79.9. The van der Waals surface area contributed by atoms with Gasteiger partial charge in [0.1, 0.15) is 10.3 Å². The highest BCUT2D eigenvalue weighted by Gasteiger charge is 2.28. The minimum Gasteiger partial charge on any atom is -0.369 e. The number of halogens is 1. The van der Waals surface area contributed by atoms with Crippen molar-refractivity contribution in [1.82, 2.24) is 14.9 Å². The molecule has 2 N–H and O–H groups in total. The molecule has 34 heavy (non-hydrogen) atoms. The molecule has 1 aliphatic rings. The number of amides is 1.